The van der Waals surface area contributed by atoms with Gasteiger partial charge < -0.3 is 10.1 Å². The van der Waals surface area contributed by atoms with E-state index in [0.29, 0.717) is 25.1 Å². The van der Waals surface area contributed by atoms with Crippen molar-refractivity contribution in [2.45, 2.75) is 37.2 Å². The molecule has 1 aliphatic heterocycles. The molecule has 3 aliphatic rings. The molecule has 1 saturated heterocycles. The van der Waals surface area contributed by atoms with Gasteiger partial charge in [0, 0.05) is 18.0 Å². The van der Waals surface area contributed by atoms with Crippen molar-refractivity contribution in [3.8, 4) is 0 Å². The third-order valence-corrected chi connectivity index (χ3v) is 6.27. The summed E-state index contributed by atoms with van der Waals surface area (Å²) in [6.07, 6.45) is 1.04. The van der Waals surface area contributed by atoms with Gasteiger partial charge in [0.05, 0.1) is 18.0 Å². The zero-order chi connectivity index (χ0) is 14.5. The second-order valence-electron chi connectivity index (χ2n) is 5.86. The Labute approximate surface area is 118 Å². The zero-order valence-electron chi connectivity index (χ0n) is 11.4. The number of carbonyl (C=O) groups excluding carboxylic acids is 1. The first-order valence-electron chi connectivity index (χ1n) is 6.87. The van der Waals surface area contributed by atoms with Crippen molar-refractivity contribution in [3.63, 3.8) is 0 Å². The van der Waals surface area contributed by atoms with E-state index in [2.05, 4.69) is 11.9 Å². The summed E-state index contributed by atoms with van der Waals surface area (Å²) in [7, 11) is -3.38. The minimum Gasteiger partial charge on any atom is -0.373 e. The normalized spacial score (nSPS) is 40.0. The van der Waals surface area contributed by atoms with Crippen molar-refractivity contribution in [1.82, 2.24) is 5.32 Å². The van der Waals surface area contributed by atoms with E-state index in [9.17, 15) is 13.2 Å². The molecule has 0 aromatic carbocycles. The van der Waals surface area contributed by atoms with Crippen LogP contribution in [0.2, 0.25) is 0 Å². The van der Waals surface area contributed by atoms with Crippen molar-refractivity contribution >= 4 is 16.0 Å². The molecule has 2 saturated carbocycles. The number of rotatable bonds is 5. The summed E-state index contributed by atoms with van der Waals surface area (Å²) in [5, 5.41) is 2.37. The monoisotopic (exact) mass is 301 g/mol. The van der Waals surface area contributed by atoms with E-state index in [4.69, 9.17) is 8.92 Å². The summed E-state index contributed by atoms with van der Waals surface area (Å²) in [6, 6.07) is 0. The maximum atomic E-state index is 11.8. The average Bonchev–Trinajstić information content (AvgIpc) is 2.96. The molecule has 5 unspecified atom stereocenters. The minimum absolute atomic E-state index is 0.0972. The van der Waals surface area contributed by atoms with Gasteiger partial charge in [-0.2, -0.15) is 8.42 Å². The van der Waals surface area contributed by atoms with Crippen LogP contribution < -0.4 is 5.32 Å². The van der Waals surface area contributed by atoms with E-state index in [-0.39, 0.29) is 35.2 Å². The van der Waals surface area contributed by atoms with Crippen LogP contribution in [0.15, 0.2) is 12.2 Å². The summed E-state index contributed by atoms with van der Waals surface area (Å²) in [5.74, 6) is 0.172. The molecule has 1 amide bonds. The Bertz CT molecular complexity index is 543. The van der Waals surface area contributed by atoms with Gasteiger partial charge in [-0.25, -0.2) is 0 Å². The zero-order valence-corrected chi connectivity index (χ0v) is 12.2. The van der Waals surface area contributed by atoms with Gasteiger partial charge in [0.2, 0.25) is 5.91 Å². The van der Waals surface area contributed by atoms with Crippen LogP contribution in [0.5, 0.6) is 0 Å². The summed E-state index contributed by atoms with van der Waals surface area (Å²) >= 11 is 0. The second-order valence-corrected chi connectivity index (χ2v) is 7.64. The van der Waals surface area contributed by atoms with E-state index in [1.165, 1.54) is 0 Å². The van der Waals surface area contributed by atoms with E-state index in [1.807, 2.05) is 0 Å². The van der Waals surface area contributed by atoms with Crippen LogP contribution in [0.1, 0.15) is 19.8 Å². The van der Waals surface area contributed by atoms with E-state index < -0.39 is 10.1 Å². The minimum atomic E-state index is -3.38. The number of ether oxygens (including phenoxy) is 1. The Balaban J connectivity index is 1.51. The largest absolute Gasteiger partial charge is 0.373 e. The number of fused-ring (bicyclic) bond motifs is 1. The lowest BCUT2D eigenvalue weighted by Crippen LogP contribution is -2.37. The summed E-state index contributed by atoms with van der Waals surface area (Å²) in [4.78, 5) is 11.3. The molecule has 6 nitrogen and oxygen atoms in total. The Morgan fingerprint density at radius 3 is 2.90 bits per heavy atom. The average molecular weight is 301 g/mol. The predicted molar refractivity (Wildman–Crippen MR) is 71.4 cm³/mol. The second kappa shape index (κ2) is 4.82. The van der Waals surface area contributed by atoms with Crippen molar-refractivity contribution < 1.29 is 22.1 Å². The van der Waals surface area contributed by atoms with Gasteiger partial charge >= 0.3 is 0 Å². The number of carbonyl (C=O) groups is 1. The maximum Gasteiger partial charge on any atom is 0.270 e. The Morgan fingerprint density at radius 1 is 1.45 bits per heavy atom. The molecule has 3 rings (SSSR count). The highest BCUT2D eigenvalue weighted by Gasteiger charge is 2.64. The van der Waals surface area contributed by atoms with Crippen LogP contribution in [0, 0.1) is 11.8 Å². The molecule has 2 bridgehead atoms. The SMILES string of the molecule is C=C(C)C(=O)NCCOC1C2CC3C1OS(=O)(=O)C3C2. The molecule has 7 heteroatoms. The van der Waals surface area contributed by atoms with Gasteiger partial charge in [-0.05, 0) is 25.7 Å². The van der Waals surface area contributed by atoms with Gasteiger partial charge in [-0.1, -0.05) is 6.58 Å². The molecule has 0 aromatic rings. The predicted octanol–water partition coefficient (Wildman–Crippen LogP) is 0.201. The highest BCUT2D eigenvalue weighted by Crippen LogP contribution is 2.55. The van der Waals surface area contributed by atoms with Crippen LogP contribution in [0.3, 0.4) is 0 Å². The lowest BCUT2D eigenvalue weighted by atomic mass is 9.94. The van der Waals surface area contributed by atoms with Crippen LogP contribution in [-0.4, -0.2) is 44.9 Å². The maximum absolute atomic E-state index is 11.8. The summed E-state index contributed by atoms with van der Waals surface area (Å²) in [5.41, 5.74) is 0.456. The van der Waals surface area contributed by atoms with Crippen LogP contribution >= 0.6 is 0 Å². The summed E-state index contributed by atoms with van der Waals surface area (Å²) < 4.78 is 34.5. The van der Waals surface area contributed by atoms with Crippen molar-refractivity contribution in [2.75, 3.05) is 13.2 Å². The highest BCUT2D eigenvalue weighted by molar-refractivity contribution is 7.87. The molecule has 1 N–H and O–H groups in total. The Morgan fingerprint density at radius 2 is 2.20 bits per heavy atom. The molecule has 0 radical (unpaired) electrons. The molecule has 20 heavy (non-hydrogen) atoms. The number of amides is 1. The number of hydrogen-bond acceptors (Lipinski definition) is 5. The van der Waals surface area contributed by atoms with Gasteiger partial charge in [0.25, 0.3) is 10.1 Å². The Kier molecular flexibility index (Phi) is 3.38. The molecule has 2 aliphatic carbocycles. The molecular formula is C13H19NO5S. The van der Waals surface area contributed by atoms with E-state index >= 15 is 0 Å². The van der Waals surface area contributed by atoms with Gasteiger partial charge in [-0.3, -0.25) is 8.98 Å². The first kappa shape index (κ1) is 14.0. The number of hydrogen-bond donors (Lipinski definition) is 1. The van der Waals surface area contributed by atoms with Crippen LogP contribution in [-0.2, 0) is 23.8 Å². The lowest BCUT2D eigenvalue weighted by molar-refractivity contribution is -0.118. The summed E-state index contributed by atoms with van der Waals surface area (Å²) in [6.45, 7) is 5.94. The molecule has 0 spiro atoms. The van der Waals surface area contributed by atoms with Crippen LogP contribution in [0.25, 0.3) is 0 Å². The third kappa shape index (κ3) is 2.17. The van der Waals surface area contributed by atoms with Gasteiger partial charge in [0.1, 0.15) is 6.10 Å². The molecular weight excluding hydrogens is 282 g/mol. The van der Waals surface area contributed by atoms with Gasteiger partial charge in [-0.15, -0.1) is 0 Å². The quantitative estimate of drug-likeness (QED) is 0.446. The molecule has 1 heterocycles. The Hall–Kier alpha value is -0.920. The van der Waals surface area contributed by atoms with Crippen molar-refractivity contribution in [3.05, 3.63) is 12.2 Å². The highest BCUT2D eigenvalue weighted by atomic mass is 32.2. The topological polar surface area (TPSA) is 81.7 Å². The van der Waals surface area contributed by atoms with Crippen LogP contribution in [0.4, 0.5) is 0 Å². The van der Waals surface area contributed by atoms with Crippen molar-refractivity contribution in [1.29, 1.82) is 0 Å². The lowest BCUT2D eigenvalue weighted by Gasteiger charge is -2.25. The standard InChI is InChI=1S/C13H19NO5S/c1-7(2)13(15)14-3-4-18-11-8-5-9-10(6-8)20(16,17)19-12(9)11/h8-12H,1,3-6H2,2H3,(H,14,15). The molecule has 3 fully saturated rings. The van der Waals surface area contributed by atoms with E-state index in [1.54, 1.807) is 6.92 Å². The van der Waals surface area contributed by atoms with Gasteiger partial charge in [0.15, 0.2) is 0 Å². The first-order chi connectivity index (χ1) is 9.40. The van der Waals surface area contributed by atoms with Crippen molar-refractivity contribution in [2.24, 2.45) is 11.8 Å². The molecule has 0 aromatic heterocycles. The fraction of sp³-hybridized carbons (Fsp3) is 0.769. The smallest absolute Gasteiger partial charge is 0.270 e. The number of nitrogens with one attached hydrogen (secondary N) is 1. The molecule has 5 atom stereocenters. The molecule has 112 valence electrons. The van der Waals surface area contributed by atoms with E-state index in [0.717, 1.165) is 6.42 Å². The fourth-order valence-electron chi connectivity index (χ4n) is 3.62. The first-order valence-corrected chi connectivity index (χ1v) is 8.34. The third-order valence-electron chi connectivity index (χ3n) is 4.50. The fourth-order valence-corrected chi connectivity index (χ4v) is 5.50.